The molecule has 1 aromatic rings. The molecule has 0 spiro atoms. The van der Waals surface area contributed by atoms with Gasteiger partial charge in [-0.15, -0.1) is 0 Å². The average Bonchev–Trinajstić information content (AvgIpc) is 2.57. The van der Waals surface area contributed by atoms with Gasteiger partial charge in [0.15, 0.2) is 0 Å². The summed E-state index contributed by atoms with van der Waals surface area (Å²) in [6, 6.07) is 5.69. The lowest BCUT2D eigenvalue weighted by Gasteiger charge is -2.08. The number of hydrogen-bond donors (Lipinski definition) is 0. The second-order valence-corrected chi connectivity index (χ2v) is 4.18. The summed E-state index contributed by atoms with van der Waals surface area (Å²) < 4.78 is 10.6. The van der Waals surface area contributed by atoms with Gasteiger partial charge in [-0.2, -0.15) is 0 Å². The smallest absolute Gasteiger partial charge is 0.302 e. The summed E-state index contributed by atoms with van der Waals surface area (Å²) >= 11 is 5.66. The predicted octanol–water partition coefficient (Wildman–Crippen LogP) is 3.28. The average molecular weight is 265 g/mol. The van der Waals surface area contributed by atoms with E-state index in [4.69, 9.17) is 21.1 Å². The van der Waals surface area contributed by atoms with E-state index in [-0.39, 0.29) is 12.6 Å². The van der Waals surface area contributed by atoms with Crippen molar-refractivity contribution in [3.05, 3.63) is 46.5 Å². The summed E-state index contributed by atoms with van der Waals surface area (Å²) in [6.07, 6.45) is 3.85. The van der Waals surface area contributed by atoms with Crippen molar-refractivity contribution in [2.75, 3.05) is 6.61 Å². The van der Waals surface area contributed by atoms with Crippen molar-refractivity contribution in [3.8, 4) is 5.75 Å². The number of hydrogen-bond acceptors (Lipinski definition) is 3. The van der Waals surface area contributed by atoms with Crippen LogP contribution in [0.5, 0.6) is 5.75 Å². The first-order valence-electron chi connectivity index (χ1n) is 5.55. The number of carbonyl (C=O) groups is 1. The minimum absolute atomic E-state index is 0.272. The summed E-state index contributed by atoms with van der Waals surface area (Å²) in [5.74, 6) is 0.510. The zero-order valence-electron chi connectivity index (χ0n) is 9.98. The molecule has 2 rings (SSSR count). The number of esters is 1. The molecule has 0 unspecified atom stereocenters. The first kappa shape index (κ1) is 12.7. The van der Waals surface area contributed by atoms with Gasteiger partial charge in [-0.25, -0.2) is 0 Å². The maximum atomic E-state index is 10.8. The molecule has 0 radical (unpaired) electrons. The van der Waals surface area contributed by atoms with Gasteiger partial charge in [-0.05, 0) is 17.7 Å². The first-order valence-corrected chi connectivity index (χ1v) is 5.99. The molecular weight excluding hydrogens is 252 g/mol. The van der Waals surface area contributed by atoms with Crippen molar-refractivity contribution in [2.45, 2.75) is 13.5 Å². The van der Waals surface area contributed by atoms with Crippen molar-refractivity contribution in [3.63, 3.8) is 0 Å². The van der Waals surface area contributed by atoms with E-state index >= 15 is 0 Å². The molecule has 0 atom stereocenters. The van der Waals surface area contributed by atoms with E-state index in [1.165, 1.54) is 12.5 Å². The first-order chi connectivity index (χ1) is 8.69. The minimum atomic E-state index is -0.288. The summed E-state index contributed by atoms with van der Waals surface area (Å²) in [5.41, 5.74) is 4.29. The third kappa shape index (κ3) is 3.14. The molecule has 1 heterocycles. The molecule has 94 valence electrons. The summed E-state index contributed by atoms with van der Waals surface area (Å²) in [4.78, 5) is 10.8. The highest BCUT2D eigenvalue weighted by atomic mass is 35.5. The molecule has 0 aromatic heterocycles. The number of benzene rings is 1. The van der Waals surface area contributed by atoms with E-state index < -0.39 is 0 Å². The van der Waals surface area contributed by atoms with Crippen LogP contribution in [0.25, 0.3) is 6.08 Å². The molecule has 0 aliphatic carbocycles. The van der Waals surface area contributed by atoms with Crippen LogP contribution in [-0.4, -0.2) is 12.6 Å². The Morgan fingerprint density at radius 2 is 2.33 bits per heavy atom. The largest absolute Gasteiger partial charge is 0.488 e. The molecule has 0 N–H and O–H groups in total. The molecule has 18 heavy (non-hydrogen) atoms. The molecule has 1 aliphatic rings. The van der Waals surface area contributed by atoms with Crippen LogP contribution < -0.4 is 4.74 Å². The lowest BCUT2D eigenvalue weighted by molar-refractivity contribution is -0.142. The lowest BCUT2D eigenvalue weighted by Crippen LogP contribution is -2.00. The van der Waals surface area contributed by atoms with E-state index in [0.29, 0.717) is 6.61 Å². The Hall–Kier alpha value is -1.74. The van der Waals surface area contributed by atoms with Gasteiger partial charge < -0.3 is 9.47 Å². The summed E-state index contributed by atoms with van der Waals surface area (Å²) in [7, 11) is 0. The third-order valence-electron chi connectivity index (χ3n) is 2.53. The minimum Gasteiger partial charge on any atom is -0.488 e. The lowest BCUT2D eigenvalue weighted by atomic mass is 10.1. The normalized spacial score (nSPS) is 15.8. The molecular formula is C14H13ClO3. The van der Waals surface area contributed by atoms with Gasteiger partial charge in [0.05, 0.1) is 0 Å². The van der Waals surface area contributed by atoms with Crippen LogP contribution in [0.3, 0.4) is 0 Å². The van der Waals surface area contributed by atoms with Crippen molar-refractivity contribution in [1.29, 1.82) is 0 Å². The van der Waals surface area contributed by atoms with Crippen molar-refractivity contribution < 1.29 is 14.3 Å². The number of rotatable bonds is 2. The summed E-state index contributed by atoms with van der Waals surface area (Å²) in [5, 5.41) is 0. The Kier molecular flexibility index (Phi) is 4.05. The van der Waals surface area contributed by atoms with Crippen LogP contribution in [0.4, 0.5) is 0 Å². The van der Waals surface area contributed by atoms with E-state index in [9.17, 15) is 4.79 Å². The SMILES string of the molecule is CC(=O)OCc1ccc2c(c1)C=C/C(=C\Cl)CO2. The Morgan fingerprint density at radius 1 is 1.50 bits per heavy atom. The summed E-state index contributed by atoms with van der Waals surface area (Å²) in [6.45, 7) is 2.12. The van der Waals surface area contributed by atoms with E-state index in [1.807, 2.05) is 30.4 Å². The fourth-order valence-corrected chi connectivity index (χ4v) is 1.74. The van der Waals surface area contributed by atoms with Crippen LogP contribution in [-0.2, 0) is 16.1 Å². The number of carbonyl (C=O) groups excluding carboxylic acids is 1. The molecule has 4 heteroatoms. The number of ether oxygens (including phenoxy) is 2. The van der Waals surface area contributed by atoms with Gasteiger partial charge in [-0.1, -0.05) is 29.8 Å². The molecule has 1 aromatic carbocycles. The van der Waals surface area contributed by atoms with Crippen LogP contribution in [0.1, 0.15) is 18.1 Å². The van der Waals surface area contributed by atoms with E-state index in [1.54, 1.807) is 0 Å². The molecule has 1 aliphatic heterocycles. The molecule has 0 amide bonds. The fourth-order valence-electron chi connectivity index (χ4n) is 1.61. The third-order valence-corrected chi connectivity index (χ3v) is 2.81. The number of fused-ring (bicyclic) bond motifs is 1. The number of halogens is 1. The van der Waals surface area contributed by atoms with Gasteiger partial charge >= 0.3 is 5.97 Å². The topological polar surface area (TPSA) is 35.5 Å². The van der Waals surface area contributed by atoms with Crippen molar-refractivity contribution >= 4 is 23.6 Å². The quantitative estimate of drug-likeness (QED) is 0.769. The molecule has 0 bridgehead atoms. The fraction of sp³-hybridized carbons (Fsp3) is 0.214. The Labute approximate surface area is 111 Å². The molecule has 3 nitrogen and oxygen atoms in total. The second-order valence-electron chi connectivity index (χ2n) is 3.96. The standard InChI is InChI=1S/C14H13ClO3/c1-10(16)17-8-11-3-5-14-13(6-11)4-2-12(7-15)9-18-14/h2-7H,8-9H2,1H3/b12-7+. The van der Waals surface area contributed by atoms with Crippen molar-refractivity contribution in [1.82, 2.24) is 0 Å². The van der Waals surface area contributed by atoms with Gasteiger partial charge in [0.2, 0.25) is 0 Å². The zero-order chi connectivity index (χ0) is 13.0. The Bertz CT molecular complexity index is 518. The highest BCUT2D eigenvalue weighted by Gasteiger charge is 2.08. The van der Waals surface area contributed by atoms with Crippen LogP contribution >= 0.6 is 11.6 Å². The van der Waals surface area contributed by atoms with E-state index in [2.05, 4.69) is 0 Å². The van der Waals surface area contributed by atoms with Gasteiger partial charge in [0.1, 0.15) is 19.0 Å². The highest BCUT2D eigenvalue weighted by Crippen LogP contribution is 2.26. The Balaban J connectivity index is 2.20. The van der Waals surface area contributed by atoms with Crippen LogP contribution in [0.15, 0.2) is 35.4 Å². The van der Waals surface area contributed by atoms with Gasteiger partial charge in [-0.3, -0.25) is 4.79 Å². The molecule has 0 saturated carbocycles. The highest BCUT2D eigenvalue weighted by molar-refractivity contribution is 6.25. The predicted molar refractivity (Wildman–Crippen MR) is 70.4 cm³/mol. The van der Waals surface area contributed by atoms with Crippen LogP contribution in [0, 0.1) is 0 Å². The Morgan fingerprint density at radius 3 is 3.06 bits per heavy atom. The van der Waals surface area contributed by atoms with Crippen LogP contribution in [0.2, 0.25) is 0 Å². The second kappa shape index (κ2) is 5.74. The zero-order valence-corrected chi connectivity index (χ0v) is 10.7. The van der Waals surface area contributed by atoms with E-state index in [0.717, 1.165) is 22.4 Å². The monoisotopic (exact) mass is 264 g/mol. The maximum Gasteiger partial charge on any atom is 0.302 e. The van der Waals surface area contributed by atoms with Gasteiger partial charge in [0.25, 0.3) is 0 Å². The molecule has 0 fully saturated rings. The molecule has 0 saturated heterocycles. The van der Waals surface area contributed by atoms with Gasteiger partial charge in [0, 0.05) is 23.6 Å². The van der Waals surface area contributed by atoms with Crippen molar-refractivity contribution in [2.24, 2.45) is 0 Å². The maximum absolute atomic E-state index is 10.8.